The van der Waals surface area contributed by atoms with E-state index in [1.807, 2.05) is 0 Å². The summed E-state index contributed by atoms with van der Waals surface area (Å²) in [6.07, 6.45) is 1.42. The fourth-order valence-electron chi connectivity index (χ4n) is 2.96. The van der Waals surface area contributed by atoms with Gasteiger partial charge >= 0.3 is 0 Å². The van der Waals surface area contributed by atoms with Crippen LogP contribution in [-0.2, 0) is 0 Å². The molecule has 0 aliphatic rings. The van der Waals surface area contributed by atoms with E-state index in [0.717, 1.165) is 12.1 Å². The van der Waals surface area contributed by atoms with Crippen LogP contribution in [0.25, 0.3) is 33.3 Å². The molecule has 7 heteroatoms. The van der Waals surface area contributed by atoms with E-state index in [-0.39, 0.29) is 26.9 Å². The average Bonchev–Trinajstić information content (AvgIpc) is 2.61. The van der Waals surface area contributed by atoms with Gasteiger partial charge in [-0.2, -0.15) is 0 Å². The maximum absolute atomic E-state index is 14.3. The minimum atomic E-state index is -0.766. The van der Waals surface area contributed by atoms with Crippen molar-refractivity contribution >= 4 is 34.1 Å². The van der Waals surface area contributed by atoms with Crippen LogP contribution in [0.1, 0.15) is 0 Å². The highest BCUT2D eigenvalue weighted by atomic mass is 35.5. The molecule has 0 amide bonds. The van der Waals surface area contributed by atoms with Gasteiger partial charge in [-0.15, -0.1) is 0 Å². The number of pyridine rings is 2. The van der Waals surface area contributed by atoms with E-state index in [1.54, 1.807) is 12.1 Å². The normalized spacial score (nSPS) is 11.1. The number of fused-ring (bicyclic) bond motifs is 1. The summed E-state index contributed by atoms with van der Waals surface area (Å²) >= 11 is 12.3. The van der Waals surface area contributed by atoms with Crippen molar-refractivity contribution < 1.29 is 13.2 Å². The molecule has 0 unspecified atom stereocenters. The molecule has 2 aromatic carbocycles. The van der Waals surface area contributed by atoms with Gasteiger partial charge in [0.25, 0.3) is 0 Å². The quantitative estimate of drug-likeness (QED) is 0.348. The van der Waals surface area contributed by atoms with Gasteiger partial charge in [0, 0.05) is 17.1 Å². The Morgan fingerprint density at radius 2 is 1.56 bits per heavy atom. The van der Waals surface area contributed by atoms with E-state index in [9.17, 15) is 13.2 Å². The zero-order valence-electron chi connectivity index (χ0n) is 13.5. The number of aromatic nitrogens is 2. The SMILES string of the molecule is Fc1ccc(-c2cc(Cl)nc3c(-c4c(F)cccc4F)nccc23)c(Cl)c1. The Bertz CT molecular complexity index is 1180. The summed E-state index contributed by atoms with van der Waals surface area (Å²) in [7, 11) is 0. The Hall–Kier alpha value is -2.63. The first-order valence-electron chi connectivity index (χ1n) is 7.81. The molecule has 0 bridgehead atoms. The topological polar surface area (TPSA) is 25.8 Å². The lowest BCUT2D eigenvalue weighted by Gasteiger charge is -2.12. The fourth-order valence-corrected chi connectivity index (χ4v) is 3.42. The molecule has 0 aliphatic heterocycles. The molecular formula is C20H9Cl2F3N2. The van der Waals surface area contributed by atoms with Crippen LogP contribution in [0.5, 0.6) is 0 Å². The van der Waals surface area contributed by atoms with Crippen LogP contribution in [0.3, 0.4) is 0 Å². The van der Waals surface area contributed by atoms with Crippen LogP contribution in [0.15, 0.2) is 54.7 Å². The highest BCUT2D eigenvalue weighted by molar-refractivity contribution is 6.34. The van der Waals surface area contributed by atoms with Crippen LogP contribution in [0.4, 0.5) is 13.2 Å². The first-order chi connectivity index (χ1) is 13.0. The van der Waals surface area contributed by atoms with Gasteiger partial charge in [0.15, 0.2) is 0 Å². The fraction of sp³-hybridized carbons (Fsp3) is 0. The molecule has 4 aromatic rings. The van der Waals surface area contributed by atoms with Crippen LogP contribution >= 0.6 is 23.2 Å². The Morgan fingerprint density at radius 1 is 0.815 bits per heavy atom. The van der Waals surface area contributed by atoms with Gasteiger partial charge in [0.2, 0.25) is 0 Å². The first kappa shape index (κ1) is 17.8. The molecule has 2 aromatic heterocycles. The van der Waals surface area contributed by atoms with E-state index in [1.165, 1.54) is 30.5 Å². The molecular weight excluding hydrogens is 396 g/mol. The molecule has 2 nitrogen and oxygen atoms in total. The lowest BCUT2D eigenvalue weighted by atomic mass is 9.99. The Morgan fingerprint density at radius 3 is 2.26 bits per heavy atom. The third-order valence-corrected chi connectivity index (χ3v) is 4.62. The zero-order chi connectivity index (χ0) is 19.1. The Balaban J connectivity index is 2.08. The molecule has 134 valence electrons. The third kappa shape index (κ3) is 3.13. The van der Waals surface area contributed by atoms with Gasteiger partial charge in [-0.1, -0.05) is 29.3 Å². The predicted molar refractivity (Wildman–Crippen MR) is 100 cm³/mol. The molecule has 0 aliphatic carbocycles. The van der Waals surface area contributed by atoms with Gasteiger partial charge in [-0.25, -0.2) is 18.2 Å². The predicted octanol–water partition coefficient (Wildman–Crippen LogP) is 6.69. The molecule has 0 atom stereocenters. The lowest BCUT2D eigenvalue weighted by molar-refractivity contribution is 0.589. The smallest absolute Gasteiger partial charge is 0.135 e. The standard InChI is InChI=1S/C20H9Cl2F3N2/c21-14-8-10(23)4-5-11(14)13-9-17(22)27-19-12(13)6-7-26-20(19)18-15(24)2-1-3-16(18)25/h1-9H. The summed E-state index contributed by atoms with van der Waals surface area (Å²) in [4.78, 5) is 8.34. The number of benzene rings is 2. The number of halogens is 5. The molecule has 0 saturated carbocycles. The van der Waals surface area contributed by atoms with Crippen molar-refractivity contribution in [2.75, 3.05) is 0 Å². The molecule has 0 N–H and O–H groups in total. The second-order valence-corrected chi connectivity index (χ2v) is 6.56. The van der Waals surface area contributed by atoms with Gasteiger partial charge in [-0.3, -0.25) is 4.98 Å². The van der Waals surface area contributed by atoms with Crippen LogP contribution < -0.4 is 0 Å². The molecule has 0 spiro atoms. The average molecular weight is 405 g/mol. The summed E-state index contributed by atoms with van der Waals surface area (Å²) in [6.45, 7) is 0. The minimum absolute atomic E-state index is 0.0186. The van der Waals surface area contributed by atoms with Crippen molar-refractivity contribution in [3.63, 3.8) is 0 Å². The van der Waals surface area contributed by atoms with Crippen LogP contribution in [0, 0.1) is 17.5 Å². The highest BCUT2D eigenvalue weighted by Gasteiger charge is 2.19. The maximum atomic E-state index is 14.3. The minimum Gasteiger partial charge on any atom is -0.254 e. The summed E-state index contributed by atoms with van der Waals surface area (Å²) in [6, 6.07) is 10.7. The second kappa shape index (κ2) is 6.83. The first-order valence-corrected chi connectivity index (χ1v) is 8.56. The van der Waals surface area contributed by atoms with E-state index in [4.69, 9.17) is 23.2 Å². The van der Waals surface area contributed by atoms with Gasteiger partial charge in [0.05, 0.1) is 16.1 Å². The van der Waals surface area contributed by atoms with Gasteiger partial charge in [0.1, 0.15) is 28.3 Å². The zero-order valence-corrected chi connectivity index (χ0v) is 15.0. The van der Waals surface area contributed by atoms with Gasteiger partial charge in [-0.05, 0) is 48.0 Å². The largest absolute Gasteiger partial charge is 0.254 e. The van der Waals surface area contributed by atoms with Crippen molar-refractivity contribution in [1.82, 2.24) is 9.97 Å². The lowest BCUT2D eigenvalue weighted by Crippen LogP contribution is -1.97. The summed E-state index contributed by atoms with van der Waals surface area (Å²) in [5.74, 6) is -2.01. The van der Waals surface area contributed by atoms with E-state index in [2.05, 4.69) is 9.97 Å². The van der Waals surface area contributed by atoms with E-state index >= 15 is 0 Å². The Labute approximate surface area is 162 Å². The van der Waals surface area contributed by atoms with Crippen LogP contribution in [-0.4, -0.2) is 9.97 Å². The second-order valence-electron chi connectivity index (χ2n) is 5.77. The number of hydrogen-bond donors (Lipinski definition) is 0. The summed E-state index contributed by atoms with van der Waals surface area (Å²) in [5.41, 5.74) is 0.998. The number of nitrogens with zero attached hydrogens (tertiary/aromatic N) is 2. The molecule has 27 heavy (non-hydrogen) atoms. The number of rotatable bonds is 2. The van der Waals surface area contributed by atoms with Gasteiger partial charge < -0.3 is 0 Å². The molecule has 0 fully saturated rings. The van der Waals surface area contributed by atoms with Crippen LogP contribution in [0.2, 0.25) is 10.2 Å². The Kier molecular flexibility index (Phi) is 4.50. The highest BCUT2D eigenvalue weighted by Crippen LogP contribution is 2.38. The molecule has 0 radical (unpaired) electrons. The van der Waals surface area contributed by atoms with Crippen molar-refractivity contribution in [1.29, 1.82) is 0 Å². The van der Waals surface area contributed by atoms with Crippen molar-refractivity contribution in [3.8, 4) is 22.4 Å². The van der Waals surface area contributed by atoms with E-state index < -0.39 is 17.5 Å². The van der Waals surface area contributed by atoms with Crippen molar-refractivity contribution in [3.05, 3.63) is 82.4 Å². The summed E-state index contributed by atoms with van der Waals surface area (Å²) < 4.78 is 42.0. The maximum Gasteiger partial charge on any atom is 0.135 e. The van der Waals surface area contributed by atoms with Crippen molar-refractivity contribution in [2.45, 2.75) is 0 Å². The molecule has 4 rings (SSSR count). The number of hydrogen-bond acceptors (Lipinski definition) is 2. The third-order valence-electron chi connectivity index (χ3n) is 4.12. The molecule has 0 saturated heterocycles. The van der Waals surface area contributed by atoms with Crippen molar-refractivity contribution in [2.24, 2.45) is 0 Å². The van der Waals surface area contributed by atoms with E-state index in [0.29, 0.717) is 16.5 Å². The summed E-state index contributed by atoms with van der Waals surface area (Å²) in [5, 5.41) is 0.790. The monoisotopic (exact) mass is 404 g/mol. The molecule has 2 heterocycles.